The molecule has 0 saturated heterocycles. The molecular formula is C23H22N2O2. The number of fused-ring (bicyclic) bond motifs is 1. The highest BCUT2D eigenvalue weighted by molar-refractivity contribution is 5.91. The van der Waals surface area contributed by atoms with E-state index in [0.29, 0.717) is 12.3 Å². The smallest absolute Gasteiger partial charge is 0.287 e. The van der Waals surface area contributed by atoms with E-state index in [9.17, 15) is 4.79 Å². The molecule has 2 aromatic carbocycles. The number of rotatable bonds is 6. The number of carbonyl (C=O) groups excluding carboxylic acids is 1. The Balaban J connectivity index is 1.62. The van der Waals surface area contributed by atoms with Crippen LogP contribution in [0.15, 0.2) is 77.3 Å². The van der Waals surface area contributed by atoms with Crippen LogP contribution in [-0.2, 0) is 6.42 Å². The highest BCUT2D eigenvalue weighted by atomic mass is 16.3. The molecule has 2 aromatic heterocycles. The van der Waals surface area contributed by atoms with Gasteiger partial charge in [0.25, 0.3) is 5.91 Å². The number of hydrogen-bond donors (Lipinski definition) is 2. The van der Waals surface area contributed by atoms with Crippen molar-refractivity contribution in [2.75, 3.05) is 6.54 Å². The Bertz CT molecular complexity index is 1050. The van der Waals surface area contributed by atoms with E-state index in [2.05, 4.69) is 34.6 Å². The lowest BCUT2D eigenvalue weighted by atomic mass is 9.91. The minimum Gasteiger partial charge on any atom is -0.456 e. The van der Waals surface area contributed by atoms with Crippen LogP contribution in [0.1, 0.15) is 40.3 Å². The van der Waals surface area contributed by atoms with Gasteiger partial charge < -0.3 is 14.7 Å². The van der Waals surface area contributed by atoms with Crippen LogP contribution in [0.3, 0.4) is 0 Å². The molecule has 0 aliphatic carbocycles. The Morgan fingerprint density at radius 1 is 1.04 bits per heavy atom. The molecule has 1 atom stereocenters. The predicted molar refractivity (Wildman–Crippen MR) is 107 cm³/mol. The van der Waals surface area contributed by atoms with Crippen molar-refractivity contribution in [2.24, 2.45) is 0 Å². The molecule has 2 N–H and O–H groups in total. The third-order valence-electron chi connectivity index (χ3n) is 4.90. The molecule has 4 rings (SSSR count). The molecule has 4 nitrogen and oxygen atoms in total. The van der Waals surface area contributed by atoms with Gasteiger partial charge in [0.2, 0.25) is 0 Å². The van der Waals surface area contributed by atoms with Crippen LogP contribution in [0.5, 0.6) is 0 Å². The van der Waals surface area contributed by atoms with Crippen molar-refractivity contribution < 1.29 is 9.21 Å². The fourth-order valence-corrected chi connectivity index (χ4v) is 3.45. The maximum absolute atomic E-state index is 12.5. The summed E-state index contributed by atoms with van der Waals surface area (Å²) in [5, 5.41) is 4.21. The topological polar surface area (TPSA) is 58.0 Å². The molecular weight excluding hydrogens is 336 g/mol. The molecule has 4 heteroatoms. The molecule has 0 aliphatic heterocycles. The van der Waals surface area contributed by atoms with Crippen LogP contribution in [0.2, 0.25) is 0 Å². The number of amides is 1. The summed E-state index contributed by atoms with van der Waals surface area (Å²) in [6.45, 7) is 2.50. The number of aromatic nitrogens is 1. The number of aromatic amines is 1. The van der Waals surface area contributed by atoms with E-state index >= 15 is 0 Å². The van der Waals surface area contributed by atoms with E-state index in [1.54, 1.807) is 6.07 Å². The third-order valence-corrected chi connectivity index (χ3v) is 4.90. The van der Waals surface area contributed by atoms with Crippen LogP contribution >= 0.6 is 0 Å². The zero-order valence-electron chi connectivity index (χ0n) is 15.2. The second kappa shape index (κ2) is 7.54. The predicted octanol–water partition coefficient (Wildman–Crippen LogP) is 4.89. The number of hydrogen-bond acceptors (Lipinski definition) is 2. The normalized spacial score (nSPS) is 12.2. The molecule has 0 radical (unpaired) electrons. The van der Waals surface area contributed by atoms with Gasteiger partial charge in [-0.2, -0.15) is 0 Å². The van der Waals surface area contributed by atoms with Crippen LogP contribution in [-0.4, -0.2) is 17.4 Å². The first kappa shape index (κ1) is 17.2. The number of nitrogens with one attached hydrogen (secondary N) is 2. The van der Waals surface area contributed by atoms with E-state index in [1.165, 1.54) is 10.9 Å². The minimum absolute atomic E-state index is 0.0481. The van der Waals surface area contributed by atoms with Gasteiger partial charge in [-0.25, -0.2) is 0 Å². The summed E-state index contributed by atoms with van der Waals surface area (Å²) in [5.41, 5.74) is 3.43. The van der Waals surface area contributed by atoms with Crippen LogP contribution in [0.25, 0.3) is 10.9 Å². The zero-order valence-corrected chi connectivity index (χ0v) is 15.2. The van der Waals surface area contributed by atoms with Crippen molar-refractivity contribution >= 4 is 16.8 Å². The molecule has 0 spiro atoms. The van der Waals surface area contributed by atoms with Crippen molar-refractivity contribution in [2.45, 2.75) is 19.3 Å². The molecule has 0 aliphatic rings. The number of aryl methyl sites for hydroxylation is 1. The second-order valence-electron chi connectivity index (χ2n) is 6.58. The third kappa shape index (κ3) is 3.51. The van der Waals surface area contributed by atoms with Crippen molar-refractivity contribution in [3.05, 3.63) is 95.6 Å². The molecule has 27 heavy (non-hydrogen) atoms. The lowest BCUT2D eigenvalue weighted by molar-refractivity contribution is 0.0923. The molecule has 136 valence electrons. The van der Waals surface area contributed by atoms with Gasteiger partial charge in [-0.3, -0.25) is 4.79 Å². The fourth-order valence-electron chi connectivity index (χ4n) is 3.45. The van der Waals surface area contributed by atoms with Crippen LogP contribution < -0.4 is 5.32 Å². The lowest BCUT2D eigenvalue weighted by Gasteiger charge is -2.18. The number of benzene rings is 2. The maximum Gasteiger partial charge on any atom is 0.287 e. The van der Waals surface area contributed by atoms with Gasteiger partial charge in [0.05, 0.1) is 0 Å². The van der Waals surface area contributed by atoms with Crippen molar-refractivity contribution in [1.82, 2.24) is 10.3 Å². The van der Waals surface area contributed by atoms with Crippen molar-refractivity contribution in [1.29, 1.82) is 0 Å². The van der Waals surface area contributed by atoms with Gasteiger partial charge in [-0.15, -0.1) is 0 Å². The number of H-pyrrole nitrogens is 1. The van der Waals surface area contributed by atoms with Crippen molar-refractivity contribution in [3.8, 4) is 0 Å². The van der Waals surface area contributed by atoms with Crippen LogP contribution in [0, 0.1) is 0 Å². The molecule has 1 amide bonds. The average Bonchev–Trinajstić information content (AvgIpc) is 3.36. The minimum atomic E-state index is -0.185. The Kier molecular flexibility index (Phi) is 4.79. The quantitative estimate of drug-likeness (QED) is 0.516. The Morgan fingerprint density at radius 3 is 2.59 bits per heavy atom. The van der Waals surface area contributed by atoms with E-state index < -0.39 is 0 Å². The number of furan rings is 1. The average molecular weight is 358 g/mol. The standard InChI is InChI=1S/C23H22N2O2/c1-2-17-12-13-22(27-17)23(26)25-14-19(16-8-4-3-5-9-16)20-15-24-21-11-7-6-10-18(20)21/h3-13,15,19,24H,2,14H2,1H3,(H,25,26). The summed E-state index contributed by atoms with van der Waals surface area (Å²) in [6, 6.07) is 22.1. The molecule has 0 bridgehead atoms. The van der Waals surface area contributed by atoms with Gasteiger partial charge in [0, 0.05) is 36.0 Å². The Morgan fingerprint density at radius 2 is 1.81 bits per heavy atom. The van der Waals surface area contributed by atoms with Gasteiger partial charge in [-0.05, 0) is 29.3 Å². The molecule has 2 heterocycles. The van der Waals surface area contributed by atoms with Gasteiger partial charge in [0.15, 0.2) is 5.76 Å². The molecule has 0 fully saturated rings. The van der Waals surface area contributed by atoms with E-state index in [4.69, 9.17) is 4.42 Å². The summed E-state index contributed by atoms with van der Waals surface area (Å²) in [6.07, 6.45) is 2.81. The van der Waals surface area contributed by atoms with Gasteiger partial charge >= 0.3 is 0 Å². The van der Waals surface area contributed by atoms with Crippen molar-refractivity contribution in [3.63, 3.8) is 0 Å². The monoisotopic (exact) mass is 358 g/mol. The summed E-state index contributed by atoms with van der Waals surface area (Å²) in [5.74, 6) is 1.04. The van der Waals surface area contributed by atoms with Gasteiger partial charge in [-0.1, -0.05) is 55.5 Å². The van der Waals surface area contributed by atoms with E-state index in [-0.39, 0.29) is 11.8 Å². The van der Waals surface area contributed by atoms with E-state index in [1.807, 2.05) is 49.5 Å². The first-order valence-electron chi connectivity index (χ1n) is 9.24. The highest BCUT2D eigenvalue weighted by Crippen LogP contribution is 2.30. The molecule has 4 aromatic rings. The SMILES string of the molecule is CCc1ccc(C(=O)NCC(c2ccccc2)c2c[nH]c3ccccc23)o1. The number of carbonyl (C=O) groups is 1. The summed E-state index contributed by atoms with van der Waals surface area (Å²) in [7, 11) is 0. The second-order valence-corrected chi connectivity index (χ2v) is 6.58. The van der Waals surface area contributed by atoms with Gasteiger partial charge in [0.1, 0.15) is 5.76 Å². The maximum atomic E-state index is 12.5. The first-order valence-corrected chi connectivity index (χ1v) is 9.24. The zero-order chi connectivity index (χ0) is 18.6. The fraction of sp³-hybridized carbons (Fsp3) is 0.174. The van der Waals surface area contributed by atoms with E-state index in [0.717, 1.165) is 23.3 Å². The van der Waals surface area contributed by atoms with Crippen LogP contribution in [0.4, 0.5) is 0 Å². The summed E-state index contributed by atoms with van der Waals surface area (Å²) >= 11 is 0. The summed E-state index contributed by atoms with van der Waals surface area (Å²) in [4.78, 5) is 15.9. The Hall–Kier alpha value is -3.27. The summed E-state index contributed by atoms with van der Waals surface area (Å²) < 4.78 is 5.58. The largest absolute Gasteiger partial charge is 0.456 e. The molecule has 1 unspecified atom stereocenters. The highest BCUT2D eigenvalue weighted by Gasteiger charge is 2.20. The first-order chi connectivity index (χ1) is 13.3. The lowest BCUT2D eigenvalue weighted by Crippen LogP contribution is -2.28. The Labute approximate surface area is 158 Å². The number of para-hydroxylation sites is 1. The molecule has 0 saturated carbocycles.